The molecule has 1 rings (SSSR count). The normalized spacial score (nSPS) is 15.2. The van der Waals surface area contributed by atoms with E-state index in [1.807, 2.05) is 0 Å². The molecule has 104 valence electrons. The summed E-state index contributed by atoms with van der Waals surface area (Å²) in [5, 5.41) is 0. The van der Waals surface area contributed by atoms with Crippen molar-refractivity contribution in [2.45, 2.75) is 79.1 Å². The minimum Gasteiger partial charge on any atom is -0.345 e. The first-order chi connectivity index (χ1) is 7.94. The number of H-pyrrole nitrogens is 1. The first-order valence-corrected chi connectivity index (χ1v) is 7.05. The van der Waals surface area contributed by atoms with Crippen molar-refractivity contribution in [3.8, 4) is 0 Å². The lowest BCUT2D eigenvalue weighted by Crippen LogP contribution is -2.21. The Morgan fingerprint density at radius 1 is 0.889 bits per heavy atom. The van der Waals surface area contributed by atoms with Crippen molar-refractivity contribution in [2.75, 3.05) is 0 Å². The molecule has 1 N–H and O–H groups in total. The van der Waals surface area contributed by atoms with Gasteiger partial charge in [0.1, 0.15) is 5.82 Å². The van der Waals surface area contributed by atoms with E-state index in [1.165, 1.54) is 11.4 Å². The molecule has 1 aromatic heterocycles. The van der Waals surface area contributed by atoms with Crippen LogP contribution in [0.3, 0.4) is 0 Å². The number of nitrogens with zero attached hydrogens (tertiary/aromatic N) is 1. The molecule has 0 saturated heterocycles. The van der Waals surface area contributed by atoms with Gasteiger partial charge in [-0.05, 0) is 5.92 Å². The average molecular weight is 250 g/mol. The van der Waals surface area contributed by atoms with Gasteiger partial charge in [0.25, 0.3) is 0 Å². The zero-order valence-corrected chi connectivity index (χ0v) is 13.6. The van der Waals surface area contributed by atoms with E-state index < -0.39 is 0 Å². The van der Waals surface area contributed by atoms with Crippen LogP contribution in [0.1, 0.15) is 85.4 Å². The summed E-state index contributed by atoms with van der Waals surface area (Å²) in [5.41, 5.74) is 2.72. The Kier molecular flexibility index (Phi) is 4.00. The SMILES string of the molecule is CC(C)C(C)c1nc(C(C)(C)C)c(C(C)(C)C)[nH]1. The fourth-order valence-electron chi connectivity index (χ4n) is 2.01. The third-order valence-electron chi connectivity index (χ3n) is 3.61. The van der Waals surface area contributed by atoms with Crippen LogP contribution in [0.15, 0.2) is 0 Å². The molecule has 1 aromatic rings. The number of nitrogens with one attached hydrogen (secondary N) is 1. The van der Waals surface area contributed by atoms with Gasteiger partial charge in [0.2, 0.25) is 0 Å². The van der Waals surface area contributed by atoms with Gasteiger partial charge in [-0.25, -0.2) is 4.98 Å². The standard InChI is InChI=1S/C16H30N2/c1-10(2)11(3)14-17-12(15(4,5)6)13(18-14)16(7,8)9/h10-11H,1-9H3,(H,17,18). The largest absolute Gasteiger partial charge is 0.345 e. The summed E-state index contributed by atoms with van der Waals surface area (Å²) < 4.78 is 0. The van der Waals surface area contributed by atoms with E-state index in [0.717, 1.165) is 5.82 Å². The molecule has 0 saturated carbocycles. The molecule has 0 aliphatic carbocycles. The highest BCUT2D eigenvalue weighted by molar-refractivity contribution is 5.29. The lowest BCUT2D eigenvalue weighted by Gasteiger charge is -2.24. The van der Waals surface area contributed by atoms with Gasteiger partial charge in [-0.2, -0.15) is 0 Å². The molecule has 1 unspecified atom stereocenters. The van der Waals surface area contributed by atoms with E-state index >= 15 is 0 Å². The van der Waals surface area contributed by atoms with Crippen molar-refractivity contribution in [2.24, 2.45) is 5.92 Å². The smallest absolute Gasteiger partial charge is 0.109 e. The summed E-state index contributed by atoms with van der Waals surface area (Å²) in [6, 6.07) is 0. The first-order valence-electron chi connectivity index (χ1n) is 7.05. The molecule has 1 atom stereocenters. The van der Waals surface area contributed by atoms with Crippen LogP contribution in [0.2, 0.25) is 0 Å². The van der Waals surface area contributed by atoms with Crippen molar-refractivity contribution < 1.29 is 0 Å². The molecule has 0 aliphatic rings. The number of aromatic nitrogens is 2. The lowest BCUT2D eigenvalue weighted by atomic mass is 9.82. The van der Waals surface area contributed by atoms with Crippen LogP contribution < -0.4 is 0 Å². The van der Waals surface area contributed by atoms with Gasteiger partial charge >= 0.3 is 0 Å². The van der Waals surface area contributed by atoms with Crippen molar-refractivity contribution in [1.82, 2.24) is 9.97 Å². The maximum atomic E-state index is 4.91. The number of hydrogen-bond donors (Lipinski definition) is 1. The van der Waals surface area contributed by atoms with Crippen LogP contribution in [-0.4, -0.2) is 9.97 Å². The molecule has 0 fully saturated rings. The zero-order valence-electron chi connectivity index (χ0n) is 13.6. The van der Waals surface area contributed by atoms with Gasteiger partial charge in [0.15, 0.2) is 0 Å². The fraction of sp³-hybridized carbons (Fsp3) is 0.812. The molecule has 1 heterocycles. The molecule has 0 aromatic carbocycles. The predicted molar refractivity (Wildman–Crippen MR) is 79.2 cm³/mol. The van der Waals surface area contributed by atoms with Crippen LogP contribution >= 0.6 is 0 Å². The van der Waals surface area contributed by atoms with E-state index in [4.69, 9.17) is 4.98 Å². The lowest BCUT2D eigenvalue weighted by molar-refractivity contribution is 0.508. The summed E-state index contributed by atoms with van der Waals surface area (Å²) in [5.74, 6) is 2.22. The maximum absolute atomic E-state index is 4.91. The Morgan fingerprint density at radius 2 is 1.39 bits per heavy atom. The molecular weight excluding hydrogens is 220 g/mol. The zero-order chi connectivity index (χ0) is 14.3. The first kappa shape index (κ1) is 15.3. The summed E-state index contributed by atoms with van der Waals surface area (Å²) in [6.45, 7) is 20.2. The molecule has 0 radical (unpaired) electrons. The summed E-state index contributed by atoms with van der Waals surface area (Å²) in [7, 11) is 0. The highest BCUT2D eigenvalue weighted by Gasteiger charge is 2.30. The third-order valence-corrected chi connectivity index (χ3v) is 3.61. The Labute approximate surface area is 113 Å². The minimum absolute atomic E-state index is 0.0913. The van der Waals surface area contributed by atoms with Crippen LogP contribution in [0.5, 0.6) is 0 Å². The predicted octanol–water partition coefficient (Wildman–Crippen LogP) is 4.76. The van der Waals surface area contributed by atoms with E-state index in [2.05, 4.69) is 67.3 Å². The maximum Gasteiger partial charge on any atom is 0.109 e. The third kappa shape index (κ3) is 3.15. The molecule has 0 bridgehead atoms. The topological polar surface area (TPSA) is 28.7 Å². The highest BCUT2D eigenvalue weighted by atomic mass is 15.0. The van der Waals surface area contributed by atoms with Crippen molar-refractivity contribution in [3.05, 3.63) is 17.2 Å². The molecule has 2 heteroatoms. The minimum atomic E-state index is 0.0913. The van der Waals surface area contributed by atoms with Crippen LogP contribution in [0, 0.1) is 5.92 Å². The fourth-order valence-corrected chi connectivity index (χ4v) is 2.01. The Morgan fingerprint density at radius 3 is 1.67 bits per heavy atom. The van der Waals surface area contributed by atoms with Gasteiger partial charge in [-0.1, -0.05) is 62.3 Å². The highest BCUT2D eigenvalue weighted by Crippen LogP contribution is 2.34. The number of aromatic amines is 1. The number of rotatable bonds is 2. The second-order valence-electron chi connectivity index (χ2n) is 7.88. The molecular formula is C16H30N2. The van der Waals surface area contributed by atoms with Crippen molar-refractivity contribution in [3.63, 3.8) is 0 Å². The Balaban J connectivity index is 3.34. The van der Waals surface area contributed by atoms with E-state index in [1.54, 1.807) is 0 Å². The molecule has 18 heavy (non-hydrogen) atoms. The van der Waals surface area contributed by atoms with E-state index in [0.29, 0.717) is 11.8 Å². The van der Waals surface area contributed by atoms with Gasteiger partial charge in [0.05, 0.1) is 5.69 Å². The molecule has 2 nitrogen and oxygen atoms in total. The van der Waals surface area contributed by atoms with E-state index in [-0.39, 0.29) is 10.8 Å². The number of imidazole rings is 1. The Bertz CT molecular complexity index is 368. The molecule has 0 aliphatic heterocycles. The van der Waals surface area contributed by atoms with Crippen LogP contribution in [0.4, 0.5) is 0 Å². The monoisotopic (exact) mass is 250 g/mol. The van der Waals surface area contributed by atoms with Crippen LogP contribution in [-0.2, 0) is 10.8 Å². The van der Waals surface area contributed by atoms with Gasteiger partial charge in [-0.3, -0.25) is 0 Å². The molecule has 0 amide bonds. The quantitative estimate of drug-likeness (QED) is 0.805. The second-order valence-corrected chi connectivity index (χ2v) is 7.88. The molecule has 0 spiro atoms. The van der Waals surface area contributed by atoms with Gasteiger partial charge in [0, 0.05) is 22.4 Å². The Hall–Kier alpha value is -0.790. The average Bonchev–Trinajstić information content (AvgIpc) is 2.58. The summed E-state index contributed by atoms with van der Waals surface area (Å²) in [4.78, 5) is 8.51. The summed E-state index contributed by atoms with van der Waals surface area (Å²) in [6.07, 6.45) is 0. The van der Waals surface area contributed by atoms with E-state index in [9.17, 15) is 0 Å². The summed E-state index contributed by atoms with van der Waals surface area (Å²) >= 11 is 0. The number of hydrogen-bond acceptors (Lipinski definition) is 1. The van der Waals surface area contributed by atoms with Crippen molar-refractivity contribution in [1.29, 1.82) is 0 Å². The van der Waals surface area contributed by atoms with Gasteiger partial charge in [-0.15, -0.1) is 0 Å². The van der Waals surface area contributed by atoms with Gasteiger partial charge < -0.3 is 4.98 Å². The van der Waals surface area contributed by atoms with Crippen molar-refractivity contribution >= 4 is 0 Å². The van der Waals surface area contributed by atoms with Crippen LogP contribution in [0.25, 0.3) is 0 Å². The second kappa shape index (κ2) is 4.71.